The van der Waals surface area contributed by atoms with Crippen LogP contribution in [0.1, 0.15) is 6.42 Å². The molecule has 1 saturated heterocycles. The van der Waals surface area contributed by atoms with Crippen LogP contribution in [0.15, 0.2) is 18.3 Å². The van der Waals surface area contributed by atoms with Crippen LogP contribution in [0, 0.1) is 5.82 Å². The van der Waals surface area contributed by atoms with Gasteiger partial charge in [0.15, 0.2) is 0 Å². The second-order valence-corrected chi connectivity index (χ2v) is 3.84. The van der Waals surface area contributed by atoms with Gasteiger partial charge in [0.2, 0.25) is 5.91 Å². The average Bonchev–Trinajstić information content (AvgIpc) is 2.33. The molecule has 1 aliphatic rings. The van der Waals surface area contributed by atoms with E-state index in [9.17, 15) is 9.18 Å². The first kappa shape index (κ1) is 11.9. The fraction of sp³-hybridized carbons (Fsp3) is 0.455. The van der Waals surface area contributed by atoms with E-state index in [0.717, 1.165) is 12.7 Å². The molecular weight excluding hydrogens is 225 g/mol. The highest BCUT2D eigenvalue weighted by molar-refractivity contribution is 5.90. The Labute approximate surface area is 98.4 Å². The Morgan fingerprint density at radius 3 is 3.18 bits per heavy atom. The molecule has 2 N–H and O–H groups in total. The number of hydrogen-bond acceptors (Lipinski definition) is 4. The molecule has 0 bridgehead atoms. The number of morpholine rings is 1. The highest BCUT2D eigenvalue weighted by Gasteiger charge is 2.16. The van der Waals surface area contributed by atoms with Crippen LogP contribution in [0.3, 0.4) is 0 Å². The van der Waals surface area contributed by atoms with Crippen molar-refractivity contribution in [3.05, 3.63) is 24.1 Å². The lowest BCUT2D eigenvalue weighted by Crippen LogP contribution is -2.43. The second-order valence-electron chi connectivity index (χ2n) is 3.84. The largest absolute Gasteiger partial charge is 0.378 e. The minimum absolute atomic E-state index is 0.0317. The van der Waals surface area contributed by atoms with Crippen molar-refractivity contribution in [2.24, 2.45) is 0 Å². The summed E-state index contributed by atoms with van der Waals surface area (Å²) in [7, 11) is 0. The number of nitrogens with zero attached hydrogens (tertiary/aromatic N) is 1. The Morgan fingerprint density at radius 1 is 1.65 bits per heavy atom. The maximum Gasteiger partial charge on any atom is 0.227 e. The number of rotatable bonds is 3. The van der Waals surface area contributed by atoms with E-state index in [1.54, 1.807) is 0 Å². The lowest BCUT2D eigenvalue weighted by Gasteiger charge is -2.23. The minimum Gasteiger partial charge on any atom is -0.378 e. The summed E-state index contributed by atoms with van der Waals surface area (Å²) in [5, 5.41) is 5.78. The SMILES string of the molecule is O=C(CC1COCCN1)Nc1ccc(F)cn1. The van der Waals surface area contributed by atoms with Gasteiger partial charge in [-0.2, -0.15) is 0 Å². The number of carbonyl (C=O) groups is 1. The van der Waals surface area contributed by atoms with Crippen LogP contribution >= 0.6 is 0 Å². The molecule has 17 heavy (non-hydrogen) atoms. The van der Waals surface area contributed by atoms with Crippen molar-refractivity contribution in [1.82, 2.24) is 10.3 Å². The maximum atomic E-state index is 12.6. The van der Waals surface area contributed by atoms with Crippen LogP contribution in [0.4, 0.5) is 10.2 Å². The Bertz CT molecular complexity index is 377. The van der Waals surface area contributed by atoms with Crippen molar-refractivity contribution in [2.75, 3.05) is 25.1 Å². The molecule has 1 aromatic rings. The lowest BCUT2D eigenvalue weighted by molar-refractivity contribution is -0.117. The predicted molar refractivity (Wildman–Crippen MR) is 60.1 cm³/mol. The lowest BCUT2D eigenvalue weighted by atomic mass is 10.2. The van der Waals surface area contributed by atoms with Gasteiger partial charge >= 0.3 is 0 Å². The number of nitrogens with one attached hydrogen (secondary N) is 2. The monoisotopic (exact) mass is 239 g/mol. The van der Waals surface area contributed by atoms with Gasteiger partial charge in [0.25, 0.3) is 0 Å². The first-order valence-corrected chi connectivity index (χ1v) is 5.46. The Balaban J connectivity index is 1.82. The van der Waals surface area contributed by atoms with Gasteiger partial charge in [-0.15, -0.1) is 0 Å². The smallest absolute Gasteiger partial charge is 0.227 e. The van der Waals surface area contributed by atoms with E-state index in [4.69, 9.17) is 4.74 Å². The molecule has 0 aromatic carbocycles. The molecule has 6 heteroatoms. The molecule has 2 rings (SSSR count). The molecule has 1 unspecified atom stereocenters. The normalized spacial score (nSPS) is 19.9. The number of anilines is 1. The number of halogens is 1. The van der Waals surface area contributed by atoms with Crippen molar-refractivity contribution < 1.29 is 13.9 Å². The van der Waals surface area contributed by atoms with Gasteiger partial charge in [-0.05, 0) is 12.1 Å². The van der Waals surface area contributed by atoms with Gasteiger partial charge in [0.1, 0.15) is 11.6 Å². The molecule has 1 amide bonds. The Morgan fingerprint density at radius 2 is 2.53 bits per heavy atom. The molecule has 0 radical (unpaired) electrons. The molecular formula is C11H14FN3O2. The van der Waals surface area contributed by atoms with Gasteiger partial charge in [0.05, 0.1) is 19.4 Å². The summed E-state index contributed by atoms with van der Waals surface area (Å²) in [5.74, 6) is -0.231. The van der Waals surface area contributed by atoms with E-state index in [-0.39, 0.29) is 11.9 Å². The van der Waals surface area contributed by atoms with Crippen molar-refractivity contribution in [3.8, 4) is 0 Å². The predicted octanol–water partition coefficient (Wildman–Crippen LogP) is 0.538. The van der Waals surface area contributed by atoms with E-state index < -0.39 is 5.82 Å². The first-order chi connectivity index (χ1) is 8.24. The minimum atomic E-state index is -0.426. The van der Waals surface area contributed by atoms with E-state index >= 15 is 0 Å². The molecule has 1 fully saturated rings. The quantitative estimate of drug-likeness (QED) is 0.808. The summed E-state index contributed by atoms with van der Waals surface area (Å²) in [6.07, 6.45) is 1.39. The van der Waals surface area contributed by atoms with Gasteiger partial charge < -0.3 is 15.4 Å². The van der Waals surface area contributed by atoms with Crippen LogP contribution in [0.25, 0.3) is 0 Å². The summed E-state index contributed by atoms with van der Waals surface area (Å²) in [5.41, 5.74) is 0. The highest BCUT2D eigenvalue weighted by atomic mass is 19.1. The van der Waals surface area contributed by atoms with Gasteiger partial charge in [-0.1, -0.05) is 0 Å². The molecule has 1 aromatic heterocycles. The van der Waals surface area contributed by atoms with Crippen LogP contribution in [0.5, 0.6) is 0 Å². The molecule has 0 aliphatic carbocycles. The van der Waals surface area contributed by atoms with Crippen molar-refractivity contribution in [1.29, 1.82) is 0 Å². The molecule has 92 valence electrons. The number of carbonyl (C=O) groups excluding carboxylic acids is 1. The van der Waals surface area contributed by atoms with Crippen LogP contribution in [-0.4, -0.2) is 36.7 Å². The number of pyridine rings is 1. The van der Waals surface area contributed by atoms with Gasteiger partial charge in [-0.3, -0.25) is 4.79 Å². The van der Waals surface area contributed by atoms with E-state index in [2.05, 4.69) is 15.6 Å². The molecule has 1 aliphatic heterocycles. The summed E-state index contributed by atoms with van der Waals surface area (Å²) < 4.78 is 17.8. The second kappa shape index (κ2) is 5.70. The average molecular weight is 239 g/mol. The fourth-order valence-corrected chi connectivity index (χ4v) is 1.62. The van der Waals surface area contributed by atoms with Gasteiger partial charge in [-0.25, -0.2) is 9.37 Å². The number of amides is 1. The Kier molecular flexibility index (Phi) is 4.00. The van der Waals surface area contributed by atoms with Crippen molar-refractivity contribution >= 4 is 11.7 Å². The van der Waals surface area contributed by atoms with Crippen LogP contribution in [-0.2, 0) is 9.53 Å². The third kappa shape index (κ3) is 3.76. The van der Waals surface area contributed by atoms with Gasteiger partial charge in [0, 0.05) is 19.0 Å². The molecule has 1 atom stereocenters. The molecule has 0 saturated carbocycles. The summed E-state index contributed by atoms with van der Waals surface area (Å²) in [6, 6.07) is 2.71. The third-order valence-corrected chi connectivity index (χ3v) is 2.43. The highest BCUT2D eigenvalue weighted by Crippen LogP contribution is 2.05. The number of hydrogen-bond donors (Lipinski definition) is 2. The zero-order valence-electron chi connectivity index (χ0n) is 9.28. The third-order valence-electron chi connectivity index (χ3n) is 2.43. The topological polar surface area (TPSA) is 63.2 Å². The van der Waals surface area contributed by atoms with E-state index in [1.165, 1.54) is 12.1 Å². The maximum absolute atomic E-state index is 12.6. The standard InChI is InChI=1S/C11H14FN3O2/c12-8-1-2-10(14-6-8)15-11(16)5-9-7-17-4-3-13-9/h1-2,6,9,13H,3-5,7H2,(H,14,15,16). The number of aromatic nitrogens is 1. The summed E-state index contributed by atoms with van der Waals surface area (Å²) >= 11 is 0. The van der Waals surface area contributed by atoms with Crippen LogP contribution < -0.4 is 10.6 Å². The van der Waals surface area contributed by atoms with Crippen molar-refractivity contribution in [2.45, 2.75) is 12.5 Å². The molecule has 5 nitrogen and oxygen atoms in total. The zero-order valence-corrected chi connectivity index (χ0v) is 9.28. The van der Waals surface area contributed by atoms with Crippen molar-refractivity contribution in [3.63, 3.8) is 0 Å². The summed E-state index contributed by atoms with van der Waals surface area (Å²) in [6.45, 7) is 1.97. The van der Waals surface area contributed by atoms with E-state index in [0.29, 0.717) is 25.5 Å². The van der Waals surface area contributed by atoms with Crippen LogP contribution in [0.2, 0.25) is 0 Å². The zero-order chi connectivity index (χ0) is 12.1. The Hall–Kier alpha value is -1.53. The summed E-state index contributed by atoms with van der Waals surface area (Å²) in [4.78, 5) is 15.4. The number of ether oxygens (including phenoxy) is 1. The first-order valence-electron chi connectivity index (χ1n) is 5.46. The fourth-order valence-electron chi connectivity index (χ4n) is 1.62. The van der Waals surface area contributed by atoms with E-state index in [1.807, 2.05) is 0 Å². The molecule has 0 spiro atoms. The molecule has 2 heterocycles.